The maximum Gasteiger partial charge on any atom is 0.254 e. The SMILES string of the molecule is Cc1ccc(N)cc1C(=O)N1CCCC(CO)C1. The number of nitrogens with two attached hydrogens (primary N) is 1. The Morgan fingerprint density at radius 1 is 1.56 bits per heavy atom. The van der Waals surface area contributed by atoms with Gasteiger partial charge in [0.05, 0.1) is 0 Å². The number of aryl methyl sites for hydroxylation is 1. The first-order valence-corrected chi connectivity index (χ1v) is 6.38. The molecule has 4 heteroatoms. The van der Waals surface area contributed by atoms with Gasteiger partial charge >= 0.3 is 0 Å². The van der Waals surface area contributed by atoms with Crippen LogP contribution in [0.4, 0.5) is 5.69 Å². The zero-order valence-electron chi connectivity index (χ0n) is 10.7. The highest BCUT2D eigenvalue weighted by molar-refractivity contribution is 5.96. The Labute approximate surface area is 107 Å². The van der Waals surface area contributed by atoms with Crippen LogP contribution in [-0.2, 0) is 0 Å². The number of likely N-dealkylation sites (tertiary alicyclic amines) is 1. The zero-order valence-corrected chi connectivity index (χ0v) is 10.7. The molecule has 1 aromatic carbocycles. The number of anilines is 1. The van der Waals surface area contributed by atoms with Crippen LogP contribution >= 0.6 is 0 Å². The predicted octanol–water partition coefficient (Wildman–Crippen LogP) is 1.42. The molecule has 1 amide bonds. The van der Waals surface area contributed by atoms with Gasteiger partial charge in [-0.05, 0) is 43.4 Å². The van der Waals surface area contributed by atoms with Gasteiger partial charge < -0.3 is 15.7 Å². The summed E-state index contributed by atoms with van der Waals surface area (Å²) < 4.78 is 0. The van der Waals surface area contributed by atoms with Gasteiger partial charge in [0.1, 0.15) is 0 Å². The van der Waals surface area contributed by atoms with Crippen molar-refractivity contribution in [1.82, 2.24) is 4.90 Å². The lowest BCUT2D eigenvalue weighted by molar-refractivity contribution is 0.0620. The average molecular weight is 248 g/mol. The Hall–Kier alpha value is -1.55. The van der Waals surface area contributed by atoms with Crippen molar-refractivity contribution in [3.63, 3.8) is 0 Å². The van der Waals surface area contributed by atoms with E-state index in [1.165, 1.54) is 0 Å². The van der Waals surface area contributed by atoms with Gasteiger partial charge in [0.2, 0.25) is 0 Å². The van der Waals surface area contributed by atoms with Crippen LogP contribution in [0.1, 0.15) is 28.8 Å². The lowest BCUT2D eigenvalue weighted by Crippen LogP contribution is -2.41. The van der Waals surface area contributed by atoms with E-state index < -0.39 is 0 Å². The second kappa shape index (κ2) is 5.40. The number of hydrogen-bond acceptors (Lipinski definition) is 3. The fourth-order valence-corrected chi connectivity index (χ4v) is 2.44. The molecular weight excluding hydrogens is 228 g/mol. The zero-order chi connectivity index (χ0) is 13.1. The molecule has 0 bridgehead atoms. The van der Waals surface area contributed by atoms with Crippen LogP contribution in [0.15, 0.2) is 18.2 Å². The van der Waals surface area contributed by atoms with E-state index in [1.807, 2.05) is 17.9 Å². The van der Waals surface area contributed by atoms with Crippen molar-refractivity contribution < 1.29 is 9.90 Å². The first-order valence-electron chi connectivity index (χ1n) is 6.38. The molecule has 1 fully saturated rings. The summed E-state index contributed by atoms with van der Waals surface area (Å²) in [5, 5.41) is 9.20. The molecule has 4 nitrogen and oxygen atoms in total. The highest BCUT2D eigenvalue weighted by Gasteiger charge is 2.24. The van der Waals surface area contributed by atoms with Crippen LogP contribution in [0.5, 0.6) is 0 Å². The molecular formula is C14H20N2O2. The monoisotopic (exact) mass is 248 g/mol. The fraction of sp³-hybridized carbons (Fsp3) is 0.500. The Balaban J connectivity index is 2.17. The standard InChI is InChI=1S/C14H20N2O2/c1-10-4-5-12(15)7-13(10)14(18)16-6-2-3-11(8-16)9-17/h4-5,7,11,17H,2-3,6,8-9,15H2,1H3. The summed E-state index contributed by atoms with van der Waals surface area (Å²) in [5.74, 6) is 0.238. The molecule has 1 aliphatic heterocycles. The van der Waals surface area contributed by atoms with Crippen LogP contribution in [0.2, 0.25) is 0 Å². The van der Waals surface area contributed by atoms with Gasteiger partial charge in [0, 0.05) is 30.9 Å². The smallest absolute Gasteiger partial charge is 0.254 e. The minimum atomic E-state index is 0.0259. The second-order valence-corrected chi connectivity index (χ2v) is 5.02. The lowest BCUT2D eigenvalue weighted by atomic mass is 9.97. The van der Waals surface area contributed by atoms with Crippen molar-refractivity contribution in [2.24, 2.45) is 5.92 Å². The van der Waals surface area contributed by atoms with Gasteiger partial charge in [-0.2, -0.15) is 0 Å². The van der Waals surface area contributed by atoms with Gasteiger partial charge in [-0.15, -0.1) is 0 Å². The summed E-state index contributed by atoms with van der Waals surface area (Å²) in [6, 6.07) is 5.41. The Bertz CT molecular complexity index is 445. The third kappa shape index (κ3) is 2.64. The number of aliphatic hydroxyl groups excluding tert-OH is 1. The number of carbonyl (C=O) groups excluding carboxylic acids is 1. The number of nitrogen functional groups attached to an aromatic ring is 1. The van der Waals surface area contributed by atoms with Gasteiger partial charge in [-0.1, -0.05) is 6.07 Å². The van der Waals surface area contributed by atoms with E-state index in [0.717, 1.165) is 24.9 Å². The normalized spacial score (nSPS) is 19.9. The number of rotatable bonds is 2. The van der Waals surface area contributed by atoms with Crippen molar-refractivity contribution in [2.45, 2.75) is 19.8 Å². The Morgan fingerprint density at radius 3 is 3.06 bits per heavy atom. The van der Waals surface area contributed by atoms with Gasteiger partial charge in [-0.25, -0.2) is 0 Å². The molecule has 3 N–H and O–H groups in total. The molecule has 0 spiro atoms. The minimum Gasteiger partial charge on any atom is -0.399 e. The number of benzene rings is 1. The summed E-state index contributed by atoms with van der Waals surface area (Å²) in [6.45, 7) is 3.48. The number of nitrogens with zero attached hydrogens (tertiary/aromatic N) is 1. The molecule has 1 unspecified atom stereocenters. The molecule has 1 atom stereocenters. The molecule has 2 rings (SSSR count). The maximum absolute atomic E-state index is 12.4. The van der Waals surface area contributed by atoms with Gasteiger partial charge in [0.15, 0.2) is 0 Å². The number of hydrogen-bond donors (Lipinski definition) is 2. The van der Waals surface area contributed by atoms with E-state index in [9.17, 15) is 9.90 Å². The molecule has 18 heavy (non-hydrogen) atoms. The number of carbonyl (C=O) groups is 1. The number of aliphatic hydroxyl groups is 1. The predicted molar refractivity (Wildman–Crippen MR) is 71.3 cm³/mol. The highest BCUT2D eigenvalue weighted by Crippen LogP contribution is 2.20. The lowest BCUT2D eigenvalue weighted by Gasteiger charge is -2.32. The summed E-state index contributed by atoms with van der Waals surface area (Å²) in [5.41, 5.74) is 7.97. The van der Waals surface area contributed by atoms with E-state index in [2.05, 4.69) is 0 Å². The molecule has 0 saturated carbocycles. The average Bonchev–Trinajstić information content (AvgIpc) is 2.41. The quantitative estimate of drug-likeness (QED) is 0.778. The molecule has 1 saturated heterocycles. The summed E-state index contributed by atoms with van der Waals surface area (Å²) in [4.78, 5) is 14.2. The van der Waals surface area contributed by atoms with Crippen LogP contribution < -0.4 is 5.73 Å². The molecule has 0 radical (unpaired) electrons. The minimum absolute atomic E-state index is 0.0259. The summed E-state index contributed by atoms with van der Waals surface area (Å²) in [7, 11) is 0. The van der Waals surface area contributed by atoms with Crippen molar-refractivity contribution in [3.8, 4) is 0 Å². The van der Waals surface area contributed by atoms with Crippen LogP contribution in [0, 0.1) is 12.8 Å². The van der Waals surface area contributed by atoms with Gasteiger partial charge in [0.25, 0.3) is 5.91 Å². The van der Waals surface area contributed by atoms with E-state index in [1.54, 1.807) is 12.1 Å². The van der Waals surface area contributed by atoms with E-state index >= 15 is 0 Å². The molecule has 1 heterocycles. The summed E-state index contributed by atoms with van der Waals surface area (Å²) in [6.07, 6.45) is 1.95. The van der Waals surface area contributed by atoms with Crippen molar-refractivity contribution in [2.75, 3.05) is 25.4 Å². The number of amides is 1. The molecule has 1 aromatic rings. The van der Waals surface area contributed by atoms with E-state index in [0.29, 0.717) is 17.8 Å². The van der Waals surface area contributed by atoms with Crippen molar-refractivity contribution >= 4 is 11.6 Å². The highest BCUT2D eigenvalue weighted by atomic mass is 16.3. The second-order valence-electron chi connectivity index (χ2n) is 5.02. The fourth-order valence-electron chi connectivity index (χ4n) is 2.44. The first-order chi connectivity index (χ1) is 8.61. The molecule has 98 valence electrons. The molecule has 0 aliphatic carbocycles. The van der Waals surface area contributed by atoms with Crippen LogP contribution in [-0.4, -0.2) is 35.6 Å². The van der Waals surface area contributed by atoms with E-state index in [-0.39, 0.29) is 18.4 Å². The third-order valence-corrected chi connectivity index (χ3v) is 3.56. The summed E-state index contributed by atoms with van der Waals surface area (Å²) >= 11 is 0. The topological polar surface area (TPSA) is 66.6 Å². The van der Waals surface area contributed by atoms with E-state index in [4.69, 9.17) is 5.73 Å². The van der Waals surface area contributed by atoms with Gasteiger partial charge in [-0.3, -0.25) is 4.79 Å². The molecule has 0 aromatic heterocycles. The van der Waals surface area contributed by atoms with Crippen LogP contribution in [0.25, 0.3) is 0 Å². The molecule has 1 aliphatic rings. The van der Waals surface area contributed by atoms with Crippen molar-refractivity contribution in [1.29, 1.82) is 0 Å². The third-order valence-electron chi connectivity index (χ3n) is 3.56. The number of piperidine rings is 1. The maximum atomic E-state index is 12.4. The Kier molecular flexibility index (Phi) is 3.87. The largest absolute Gasteiger partial charge is 0.399 e. The Morgan fingerprint density at radius 2 is 2.33 bits per heavy atom. The van der Waals surface area contributed by atoms with Crippen LogP contribution in [0.3, 0.4) is 0 Å². The first kappa shape index (κ1) is 12.9. The van der Waals surface area contributed by atoms with Crippen molar-refractivity contribution in [3.05, 3.63) is 29.3 Å².